The fourth-order valence-corrected chi connectivity index (χ4v) is 0.744. The number of aldehydes is 1. The highest BCUT2D eigenvalue weighted by Crippen LogP contribution is 2.04. The zero-order valence-corrected chi connectivity index (χ0v) is 7.58. The second kappa shape index (κ2) is 4.93. The van der Waals surface area contributed by atoms with Gasteiger partial charge in [0.15, 0.2) is 6.29 Å². The number of methoxy groups -OCH3 is 1. The van der Waals surface area contributed by atoms with Gasteiger partial charge in [-0.15, -0.1) is 0 Å². The van der Waals surface area contributed by atoms with Crippen molar-refractivity contribution in [3.05, 3.63) is 9.66 Å². The largest absolute Gasteiger partial charge is 0.370 e. The van der Waals surface area contributed by atoms with E-state index in [4.69, 9.17) is 4.74 Å². The van der Waals surface area contributed by atoms with E-state index in [1.54, 1.807) is 6.08 Å². The van der Waals surface area contributed by atoms with E-state index in [1.807, 2.05) is 6.92 Å². The summed E-state index contributed by atoms with van der Waals surface area (Å²) in [7, 11) is 1.51. The first kappa shape index (κ1) is 9.10. The predicted octanol–water partition coefficient (Wildman–Crippen LogP) is 1.54. The van der Waals surface area contributed by atoms with E-state index in [1.165, 1.54) is 7.11 Å². The monoisotopic (exact) mass is 240 g/mol. The van der Waals surface area contributed by atoms with Gasteiger partial charge in [-0.05, 0) is 39.2 Å². The Bertz CT molecular complexity index is 116. The van der Waals surface area contributed by atoms with Crippen LogP contribution < -0.4 is 0 Å². The van der Waals surface area contributed by atoms with Gasteiger partial charge in [0.05, 0.1) is 0 Å². The quantitative estimate of drug-likeness (QED) is 0.552. The minimum absolute atomic E-state index is 0.373. The number of ether oxygens (including phenoxy) is 1. The molecule has 52 valence electrons. The molecule has 2 nitrogen and oxygen atoms in total. The molecule has 0 aliphatic heterocycles. The molecular weight excluding hydrogens is 231 g/mol. The summed E-state index contributed by atoms with van der Waals surface area (Å²) in [6.45, 7) is 1.91. The van der Waals surface area contributed by atoms with Crippen molar-refractivity contribution in [2.75, 3.05) is 7.11 Å². The fourth-order valence-electron chi connectivity index (χ4n) is 0.389. The van der Waals surface area contributed by atoms with E-state index in [0.717, 1.165) is 9.87 Å². The SMILES string of the molecule is CO[C@H](C=O)/C=C(\C)I. The molecule has 0 bridgehead atoms. The molecule has 0 aromatic rings. The Balaban J connectivity index is 3.82. The lowest BCUT2D eigenvalue weighted by Gasteiger charge is -1.99. The van der Waals surface area contributed by atoms with Crippen LogP contribution in [0.25, 0.3) is 0 Å². The van der Waals surface area contributed by atoms with Gasteiger partial charge in [-0.2, -0.15) is 0 Å². The Morgan fingerprint density at radius 3 is 2.44 bits per heavy atom. The average molecular weight is 240 g/mol. The van der Waals surface area contributed by atoms with E-state index in [0.29, 0.717) is 0 Å². The Hall–Kier alpha value is 0.100. The van der Waals surface area contributed by atoms with Gasteiger partial charge in [0.1, 0.15) is 6.10 Å². The summed E-state index contributed by atoms with van der Waals surface area (Å²) in [5.74, 6) is 0. The van der Waals surface area contributed by atoms with Gasteiger partial charge < -0.3 is 9.53 Å². The molecule has 0 N–H and O–H groups in total. The number of hydrogen-bond acceptors (Lipinski definition) is 2. The van der Waals surface area contributed by atoms with Gasteiger partial charge >= 0.3 is 0 Å². The number of hydrogen-bond donors (Lipinski definition) is 0. The van der Waals surface area contributed by atoms with Crippen LogP contribution in [0.15, 0.2) is 9.66 Å². The molecule has 0 spiro atoms. The zero-order valence-electron chi connectivity index (χ0n) is 5.43. The summed E-state index contributed by atoms with van der Waals surface area (Å²) in [5.41, 5.74) is 0. The lowest BCUT2D eigenvalue weighted by molar-refractivity contribution is -0.114. The summed E-state index contributed by atoms with van der Waals surface area (Å²) in [5, 5.41) is 0. The molecule has 0 unspecified atom stereocenters. The van der Waals surface area contributed by atoms with Gasteiger partial charge in [0.25, 0.3) is 0 Å². The van der Waals surface area contributed by atoms with Gasteiger partial charge in [-0.25, -0.2) is 0 Å². The topological polar surface area (TPSA) is 26.3 Å². The van der Waals surface area contributed by atoms with E-state index in [-0.39, 0.29) is 6.10 Å². The first-order valence-electron chi connectivity index (χ1n) is 2.52. The van der Waals surface area contributed by atoms with Crippen LogP contribution in [0, 0.1) is 0 Å². The fraction of sp³-hybridized carbons (Fsp3) is 0.500. The van der Waals surface area contributed by atoms with Crippen molar-refractivity contribution in [2.45, 2.75) is 13.0 Å². The van der Waals surface area contributed by atoms with Gasteiger partial charge in [-0.3, -0.25) is 0 Å². The molecule has 0 aromatic heterocycles. The van der Waals surface area contributed by atoms with Crippen molar-refractivity contribution in [1.82, 2.24) is 0 Å². The maximum absolute atomic E-state index is 10.1. The molecule has 0 aliphatic carbocycles. The Labute approximate surface area is 68.4 Å². The Morgan fingerprint density at radius 1 is 1.78 bits per heavy atom. The van der Waals surface area contributed by atoms with Crippen molar-refractivity contribution in [2.24, 2.45) is 0 Å². The lowest BCUT2D eigenvalue weighted by atomic mass is 10.3. The highest BCUT2D eigenvalue weighted by Gasteiger charge is 1.97. The van der Waals surface area contributed by atoms with Crippen molar-refractivity contribution in [3.63, 3.8) is 0 Å². The van der Waals surface area contributed by atoms with E-state index in [9.17, 15) is 4.79 Å². The molecule has 0 radical (unpaired) electrons. The normalized spacial score (nSPS) is 15.2. The molecule has 0 amide bonds. The van der Waals surface area contributed by atoms with Crippen LogP contribution in [-0.4, -0.2) is 19.5 Å². The van der Waals surface area contributed by atoms with Gasteiger partial charge in [0.2, 0.25) is 0 Å². The molecule has 3 heteroatoms. The van der Waals surface area contributed by atoms with Gasteiger partial charge in [0, 0.05) is 7.11 Å². The third kappa shape index (κ3) is 4.59. The first-order chi connectivity index (χ1) is 4.20. The third-order valence-electron chi connectivity index (χ3n) is 0.800. The van der Waals surface area contributed by atoms with E-state index in [2.05, 4.69) is 22.6 Å². The first-order valence-corrected chi connectivity index (χ1v) is 3.60. The molecule has 0 saturated heterocycles. The summed E-state index contributed by atoms with van der Waals surface area (Å²) in [4.78, 5) is 10.1. The van der Waals surface area contributed by atoms with Crippen LogP contribution in [-0.2, 0) is 9.53 Å². The second-order valence-corrected chi connectivity index (χ2v) is 3.29. The summed E-state index contributed by atoms with van der Waals surface area (Å²) < 4.78 is 5.82. The summed E-state index contributed by atoms with van der Waals surface area (Å²) in [6, 6.07) is 0. The highest BCUT2D eigenvalue weighted by molar-refractivity contribution is 14.1. The van der Waals surface area contributed by atoms with Crippen LogP contribution >= 0.6 is 22.6 Å². The molecule has 0 aromatic carbocycles. The number of carbonyl (C=O) groups is 1. The maximum atomic E-state index is 10.1. The van der Waals surface area contributed by atoms with E-state index >= 15 is 0 Å². The van der Waals surface area contributed by atoms with Crippen LogP contribution in [0.5, 0.6) is 0 Å². The zero-order chi connectivity index (χ0) is 7.28. The lowest BCUT2D eigenvalue weighted by Crippen LogP contribution is -2.07. The molecule has 0 fully saturated rings. The van der Waals surface area contributed by atoms with Crippen LogP contribution in [0.1, 0.15) is 6.92 Å². The van der Waals surface area contributed by atoms with Crippen molar-refractivity contribution in [1.29, 1.82) is 0 Å². The molecule has 0 heterocycles. The molecular formula is C6H9IO2. The second-order valence-electron chi connectivity index (χ2n) is 1.59. The number of allylic oxidation sites excluding steroid dienone is 1. The molecule has 0 rings (SSSR count). The van der Waals surface area contributed by atoms with Crippen LogP contribution in [0.3, 0.4) is 0 Å². The number of carbonyl (C=O) groups excluding carboxylic acids is 1. The van der Waals surface area contributed by atoms with Crippen molar-refractivity contribution in [3.8, 4) is 0 Å². The maximum Gasteiger partial charge on any atom is 0.152 e. The van der Waals surface area contributed by atoms with Crippen molar-refractivity contribution < 1.29 is 9.53 Å². The smallest absolute Gasteiger partial charge is 0.152 e. The molecule has 0 saturated carbocycles. The summed E-state index contributed by atoms with van der Waals surface area (Å²) in [6.07, 6.45) is 2.15. The molecule has 1 atom stereocenters. The predicted molar refractivity (Wildman–Crippen MR) is 44.6 cm³/mol. The minimum Gasteiger partial charge on any atom is -0.370 e. The number of rotatable bonds is 3. The average Bonchev–Trinajstić information content (AvgIpc) is 1.82. The third-order valence-corrected chi connectivity index (χ3v) is 1.16. The van der Waals surface area contributed by atoms with Crippen LogP contribution in [0.4, 0.5) is 0 Å². The Kier molecular flexibility index (Phi) is 4.99. The molecule has 0 aliphatic rings. The Morgan fingerprint density at radius 2 is 2.33 bits per heavy atom. The molecule has 9 heavy (non-hydrogen) atoms. The van der Waals surface area contributed by atoms with E-state index < -0.39 is 0 Å². The highest BCUT2D eigenvalue weighted by atomic mass is 127. The number of halogens is 1. The minimum atomic E-state index is -0.373. The standard InChI is InChI=1S/C6H9IO2/c1-5(7)3-6(4-8)9-2/h3-4,6H,1-2H3/b5-3+/t6-/m0/s1. The van der Waals surface area contributed by atoms with Crippen molar-refractivity contribution >= 4 is 28.9 Å². The van der Waals surface area contributed by atoms with Crippen LogP contribution in [0.2, 0.25) is 0 Å². The van der Waals surface area contributed by atoms with Gasteiger partial charge in [-0.1, -0.05) is 0 Å². The summed E-state index contributed by atoms with van der Waals surface area (Å²) >= 11 is 2.13.